The molecule has 0 saturated carbocycles. The highest BCUT2D eigenvalue weighted by atomic mass is 16.5. The van der Waals surface area contributed by atoms with Crippen molar-refractivity contribution in [1.29, 1.82) is 0 Å². The van der Waals surface area contributed by atoms with Crippen LogP contribution in [0.1, 0.15) is 26.3 Å². The van der Waals surface area contributed by atoms with Gasteiger partial charge in [-0.2, -0.15) is 0 Å². The van der Waals surface area contributed by atoms with Crippen LogP contribution in [0, 0.1) is 0 Å². The van der Waals surface area contributed by atoms with Gasteiger partial charge in [0.2, 0.25) is 0 Å². The predicted octanol–water partition coefficient (Wildman–Crippen LogP) is 2.56. The molecule has 0 aliphatic heterocycles. The zero-order chi connectivity index (χ0) is 13.7. The quantitative estimate of drug-likeness (QED) is 0.674. The van der Waals surface area contributed by atoms with Gasteiger partial charge in [-0.25, -0.2) is 4.79 Å². The van der Waals surface area contributed by atoms with E-state index in [1.165, 1.54) is 12.1 Å². The molecule has 0 aromatic heterocycles. The van der Waals surface area contributed by atoms with Crippen LogP contribution in [-0.2, 0) is 11.3 Å². The van der Waals surface area contributed by atoms with E-state index in [2.05, 4.69) is 0 Å². The minimum Gasteiger partial charge on any atom is -0.508 e. The van der Waals surface area contributed by atoms with Crippen LogP contribution in [-0.4, -0.2) is 17.4 Å². The monoisotopic (exact) mass is 256 g/mol. The fourth-order valence-electron chi connectivity index (χ4n) is 1.52. The third-order valence-electron chi connectivity index (χ3n) is 2.59. The topological polar surface area (TPSA) is 63.6 Å². The molecule has 19 heavy (non-hydrogen) atoms. The summed E-state index contributed by atoms with van der Waals surface area (Å²) in [6.07, 6.45) is 0.714. The summed E-state index contributed by atoms with van der Waals surface area (Å²) in [6.45, 7) is 0.133. The number of phenols is 1. The molecule has 0 unspecified atom stereocenters. The molecule has 0 fully saturated rings. The molecule has 0 aliphatic carbocycles. The minimum atomic E-state index is -0.453. The Morgan fingerprint density at radius 2 is 1.68 bits per heavy atom. The van der Waals surface area contributed by atoms with Crippen LogP contribution in [0.25, 0.3) is 0 Å². The number of aldehydes is 1. The van der Waals surface area contributed by atoms with E-state index in [0.29, 0.717) is 17.4 Å². The molecule has 96 valence electrons. The first kappa shape index (κ1) is 12.8. The Morgan fingerprint density at radius 1 is 1.05 bits per heavy atom. The summed E-state index contributed by atoms with van der Waals surface area (Å²) in [6, 6.07) is 12.6. The van der Waals surface area contributed by atoms with E-state index in [0.717, 1.165) is 5.56 Å². The molecular weight excluding hydrogens is 244 g/mol. The molecule has 0 amide bonds. The number of benzene rings is 2. The fraction of sp³-hybridized carbons (Fsp3) is 0.0667. The summed E-state index contributed by atoms with van der Waals surface area (Å²) >= 11 is 0. The molecule has 4 heteroatoms. The predicted molar refractivity (Wildman–Crippen MR) is 69.1 cm³/mol. The van der Waals surface area contributed by atoms with Gasteiger partial charge in [0.05, 0.1) is 5.56 Å². The fourth-order valence-corrected chi connectivity index (χ4v) is 1.52. The highest BCUT2D eigenvalue weighted by molar-refractivity contribution is 5.90. The van der Waals surface area contributed by atoms with Crippen LogP contribution in [0.3, 0.4) is 0 Å². The average molecular weight is 256 g/mol. The van der Waals surface area contributed by atoms with Gasteiger partial charge in [-0.3, -0.25) is 4.79 Å². The lowest BCUT2D eigenvalue weighted by Gasteiger charge is -2.05. The van der Waals surface area contributed by atoms with Crippen molar-refractivity contribution in [2.45, 2.75) is 6.61 Å². The number of rotatable bonds is 4. The molecule has 2 aromatic carbocycles. The summed E-state index contributed by atoms with van der Waals surface area (Å²) in [4.78, 5) is 22.2. The number of carbonyl (C=O) groups is 2. The molecule has 2 aromatic rings. The molecule has 4 nitrogen and oxygen atoms in total. The summed E-state index contributed by atoms with van der Waals surface area (Å²) in [7, 11) is 0. The number of aromatic hydroxyl groups is 1. The molecule has 0 bridgehead atoms. The van der Waals surface area contributed by atoms with Crippen molar-refractivity contribution >= 4 is 12.3 Å². The van der Waals surface area contributed by atoms with Gasteiger partial charge in [-0.05, 0) is 29.8 Å². The van der Waals surface area contributed by atoms with Crippen molar-refractivity contribution in [2.75, 3.05) is 0 Å². The van der Waals surface area contributed by atoms with E-state index in [4.69, 9.17) is 9.84 Å². The molecule has 2 rings (SSSR count). The lowest BCUT2D eigenvalue weighted by molar-refractivity contribution is 0.0472. The molecule has 0 aliphatic rings. The van der Waals surface area contributed by atoms with Crippen molar-refractivity contribution < 1.29 is 19.4 Å². The summed E-state index contributed by atoms with van der Waals surface area (Å²) in [5, 5.41) is 9.13. The van der Waals surface area contributed by atoms with Crippen molar-refractivity contribution in [3.8, 4) is 5.75 Å². The Labute approximate surface area is 110 Å². The molecule has 1 N–H and O–H groups in total. The van der Waals surface area contributed by atoms with Gasteiger partial charge in [-0.1, -0.05) is 24.3 Å². The molecule has 0 spiro atoms. The first-order valence-electron chi connectivity index (χ1n) is 5.69. The third-order valence-corrected chi connectivity index (χ3v) is 2.59. The lowest BCUT2D eigenvalue weighted by Crippen LogP contribution is -2.05. The highest BCUT2D eigenvalue weighted by Gasteiger charge is 2.07. The Morgan fingerprint density at radius 3 is 2.26 bits per heavy atom. The zero-order valence-corrected chi connectivity index (χ0v) is 10.1. The van der Waals surface area contributed by atoms with E-state index in [1.54, 1.807) is 36.4 Å². The SMILES string of the molecule is O=Cc1ccc(C(=O)OCc2ccc(O)cc2)cc1. The highest BCUT2D eigenvalue weighted by Crippen LogP contribution is 2.11. The zero-order valence-electron chi connectivity index (χ0n) is 10.1. The van der Waals surface area contributed by atoms with Gasteiger partial charge in [0.25, 0.3) is 0 Å². The van der Waals surface area contributed by atoms with Gasteiger partial charge >= 0.3 is 5.97 Å². The Balaban J connectivity index is 1.96. The maximum absolute atomic E-state index is 11.7. The van der Waals surface area contributed by atoms with Crippen LogP contribution in [0.5, 0.6) is 5.75 Å². The molecular formula is C15H12O4. The first-order chi connectivity index (χ1) is 9.19. The van der Waals surface area contributed by atoms with Crippen LogP contribution in [0.15, 0.2) is 48.5 Å². The molecule has 0 radical (unpaired) electrons. The van der Waals surface area contributed by atoms with Crippen LogP contribution < -0.4 is 0 Å². The maximum atomic E-state index is 11.7. The lowest BCUT2D eigenvalue weighted by atomic mass is 10.1. The number of esters is 1. The summed E-state index contributed by atoms with van der Waals surface area (Å²) < 4.78 is 5.12. The van der Waals surface area contributed by atoms with Crippen LogP contribution in [0.4, 0.5) is 0 Å². The van der Waals surface area contributed by atoms with E-state index in [1.807, 2.05) is 0 Å². The molecule has 0 heterocycles. The number of phenolic OH excluding ortho intramolecular Hbond substituents is 1. The van der Waals surface area contributed by atoms with E-state index < -0.39 is 5.97 Å². The first-order valence-corrected chi connectivity index (χ1v) is 5.69. The standard InChI is InChI=1S/C15H12O4/c16-9-11-1-5-13(6-2-11)15(18)19-10-12-3-7-14(17)8-4-12/h1-9,17H,10H2. The van der Waals surface area contributed by atoms with E-state index in [9.17, 15) is 9.59 Å². The van der Waals surface area contributed by atoms with Gasteiger partial charge in [-0.15, -0.1) is 0 Å². The Kier molecular flexibility index (Phi) is 3.93. The van der Waals surface area contributed by atoms with Crippen molar-refractivity contribution in [2.24, 2.45) is 0 Å². The van der Waals surface area contributed by atoms with Gasteiger partial charge < -0.3 is 9.84 Å². The second-order valence-electron chi connectivity index (χ2n) is 3.98. The summed E-state index contributed by atoms with van der Waals surface area (Å²) in [5.41, 5.74) is 1.69. The van der Waals surface area contributed by atoms with Crippen molar-refractivity contribution in [1.82, 2.24) is 0 Å². The average Bonchev–Trinajstić information content (AvgIpc) is 2.46. The van der Waals surface area contributed by atoms with Crippen LogP contribution >= 0.6 is 0 Å². The largest absolute Gasteiger partial charge is 0.508 e. The van der Waals surface area contributed by atoms with Crippen LogP contribution in [0.2, 0.25) is 0 Å². The number of hydrogen-bond acceptors (Lipinski definition) is 4. The minimum absolute atomic E-state index is 0.133. The maximum Gasteiger partial charge on any atom is 0.338 e. The summed E-state index contributed by atoms with van der Waals surface area (Å²) in [5.74, 6) is -0.287. The third kappa shape index (κ3) is 3.42. The smallest absolute Gasteiger partial charge is 0.338 e. The van der Waals surface area contributed by atoms with Gasteiger partial charge in [0, 0.05) is 5.56 Å². The molecule has 0 saturated heterocycles. The van der Waals surface area contributed by atoms with Crippen molar-refractivity contribution in [3.63, 3.8) is 0 Å². The molecule has 0 atom stereocenters. The van der Waals surface area contributed by atoms with Gasteiger partial charge in [0.1, 0.15) is 18.6 Å². The van der Waals surface area contributed by atoms with E-state index >= 15 is 0 Å². The number of ether oxygens (including phenoxy) is 1. The normalized spacial score (nSPS) is 9.89. The second kappa shape index (κ2) is 5.82. The Bertz CT molecular complexity index is 570. The van der Waals surface area contributed by atoms with Crippen molar-refractivity contribution in [3.05, 3.63) is 65.2 Å². The Hall–Kier alpha value is -2.62. The van der Waals surface area contributed by atoms with Gasteiger partial charge in [0.15, 0.2) is 0 Å². The number of carbonyl (C=O) groups excluding carboxylic acids is 2. The van der Waals surface area contributed by atoms with E-state index in [-0.39, 0.29) is 12.4 Å². The second-order valence-corrected chi connectivity index (χ2v) is 3.98. The number of hydrogen-bond donors (Lipinski definition) is 1.